The number of aromatic amines is 1. The van der Waals surface area contributed by atoms with Gasteiger partial charge in [-0.3, -0.25) is 0 Å². The van der Waals surface area contributed by atoms with Crippen LogP contribution in [0.2, 0.25) is 0 Å². The smallest absolute Gasteiger partial charge is 0.247 e. The Morgan fingerprint density at radius 2 is 1.79 bits per heavy atom. The molecule has 0 aliphatic heterocycles. The maximum atomic E-state index is 10.6. The van der Waals surface area contributed by atoms with Gasteiger partial charge in [0.2, 0.25) is 11.8 Å². The molecule has 0 saturated carbocycles. The van der Waals surface area contributed by atoms with Gasteiger partial charge >= 0.3 is 0 Å². The topological polar surface area (TPSA) is 78.6 Å². The molecule has 6 nitrogen and oxygen atoms in total. The Morgan fingerprint density at radius 1 is 1.04 bits per heavy atom. The number of aromatic hydroxyl groups is 1. The Bertz CT molecular complexity index is 1020. The van der Waals surface area contributed by atoms with Crippen LogP contribution in [0, 0.1) is 0 Å². The largest absolute Gasteiger partial charge is 0.493 e. The summed E-state index contributed by atoms with van der Waals surface area (Å²) in [7, 11) is 0. The zero-order valence-corrected chi connectivity index (χ0v) is 13.4. The summed E-state index contributed by atoms with van der Waals surface area (Å²) in [5.41, 5.74) is 3.13. The number of nitrogens with one attached hydrogen (secondary N) is 1. The predicted molar refractivity (Wildman–Crippen MR) is 94.3 cm³/mol. The highest BCUT2D eigenvalue weighted by Crippen LogP contribution is 2.41. The molecule has 0 aliphatic rings. The quantitative estimate of drug-likeness (QED) is 0.508. The van der Waals surface area contributed by atoms with Crippen molar-refractivity contribution in [1.82, 2.24) is 14.5 Å². The van der Waals surface area contributed by atoms with E-state index in [0.717, 1.165) is 21.9 Å². The monoisotopic (exact) mass is 319 g/mol. The summed E-state index contributed by atoms with van der Waals surface area (Å²) < 4.78 is 1.85. The number of imidazole rings is 1. The molecule has 24 heavy (non-hydrogen) atoms. The van der Waals surface area contributed by atoms with Crippen molar-refractivity contribution < 1.29 is 5.11 Å². The molecule has 0 bridgehead atoms. The molecule has 0 saturated heterocycles. The van der Waals surface area contributed by atoms with Gasteiger partial charge in [-0.25, -0.2) is 4.98 Å². The number of H-pyrrole nitrogens is 1. The summed E-state index contributed by atoms with van der Waals surface area (Å²) >= 11 is 0. The van der Waals surface area contributed by atoms with Crippen molar-refractivity contribution >= 4 is 33.6 Å². The van der Waals surface area contributed by atoms with Gasteiger partial charge in [-0.05, 0) is 32.0 Å². The van der Waals surface area contributed by atoms with Crippen LogP contribution in [0.5, 0.6) is 5.88 Å². The molecule has 2 aromatic carbocycles. The van der Waals surface area contributed by atoms with E-state index in [1.807, 2.05) is 66.9 Å². The first-order chi connectivity index (χ1) is 11.6. The Labute approximate surface area is 138 Å². The van der Waals surface area contributed by atoms with Crippen molar-refractivity contribution in [2.75, 3.05) is 0 Å². The van der Waals surface area contributed by atoms with Crippen molar-refractivity contribution in [1.29, 1.82) is 0 Å². The number of aromatic nitrogens is 3. The molecule has 2 aromatic heterocycles. The normalized spacial score (nSPS) is 12.1. The van der Waals surface area contributed by atoms with Crippen molar-refractivity contribution in [2.45, 2.75) is 19.9 Å². The van der Waals surface area contributed by atoms with Crippen molar-refractivity contribution in [3.8, 4) is 5.88 Å². The Kier molecular flexibility index (Phi) is 3.30. The van der Waals surface area contributed by atoms with Gasteiger partial charge in [-0.2, -0.15) is 0 Å². The Morgan fingerprint density at radius 3 is 2.58 bits per heavy atom. The number of para-hydroxylation sites is 3. The maximum Gasteiger partial charge on any atom is 0.247 e. The van der Waals surface area contributed by atoms with Gasteiger partial charge in [-0.15, -0.1) is 10.2 Å². The fourth-order valence-electron chi connectivity index (χ4n) is 2.94. The van der Waals surface area contributed by atoms with Crippen LogP contribution in [0.3, 0.4) is 0 Å². The van der Waals surface area contributed by atoms with Gasteiger partial charge in [0.15, 0.2) is 5.69 Å². The van der Waals surface area contributed by atoms with Crippen molar-refractivity contribution in [2.24, 2.45) is 10.2 Å². The summed E-state index contributed by atoms with van der Waals surface area (Å²) in [4.78, 5) is 7.48. The minimum atomic E-state index is 0.116. The first kappa shape index (κ1) is 14.4. The molecule has 0 unspecified atom stereocenters. The van der Waals surface area contributed by atoms with Crippen molar-refractivity contribution in [3.63, 3.8) is 0 Å². The van der Waals surface area contributed by atoms with Gasteiger partial charge in [0.1, 0.15) is 0 Å². The number of hydrogen-bond acceptors (Lipinski definition) is 4. The van der Waals surface area contributed by atoms with Crippen molar-refractivity contribution in [3.05, 3.63) is 48.5 Å². The van der Waals surface area contributed by atoms with E-state index < -0.39 is 0 Å². The lowest BCUT2D eigenvalue weighted by molar-refractivity contribution is 0.407. The number of nitrogens with zero attached hydrogens (tertiary/aromatic N) is 4. The summed E-state index contributed by atoms with van der Waals surface area (Å²) in [5.74, 6) is 0.531. The molecule has 120 valence electrons. The number of azo groups is 1. The van der Waals surface area contributed by atoms with E-state index in [1.165, 1.54) is 0 Å². The van der Waals surface area contributed by atoms with Crippen LogP contribution in [-0.4, -0.2) is 19.6 Å². The molecule has 0 atom stereocenters. The zero-order valence-electron chi connectivity index (χ0n) is 13.4. The van der Waals surface area contributed by atoms with Crippen LogP contribution in [0.1, 0.15) is 19.9 Å². The van der Waals surface area contributed by atoms with Gasteiger partial charge in [0, 0.05) is 11.4 Å². The summed E-state index contributed by atoms with van der Waals surface area (Å²) in [5, 5.41) is 19.9. The van der Waals surface area contributed by atoms with Crippen LogP contribution in [-0.2, 0) is 0 Å². The molecule has 0 amide bonds. The van der Waals surface area contributed by atoms with Gasteiger partial charge < -0.3 is 14.7 Å². The number of hydrogen-bond donors (Lipinski definition) is 2. The van der Waals surface area contributed by atoms with Crippen LogP contribution in [0.15, 0.2) is 58.8 Å². The molecule has 2 heterocycles. The van der Waals surface area contributed by atoms with Crippen LogP contribution >= 0.6 is 0 Å². The second kappa shape index (κ2) is 5.49. The fourth-order valence-corrected chi connectivity index (χ4v) is 2.94. The highest BCUT2D eigenvalue weighted by atomic mass is 16.3. The standard InChI is InChI=1S/C18H17N5O/c1-11(2)23-15-10-6-3-7-12(15)16(17(23)24)21-22-18-19-13-8-4-5-9-14(13)20-18/h3-11,24H,1-2H3,(H,19,20). The molecular weight excluding hydrogens is 302 g/mol. The predicted octanol–water partition coefficient (Wildman–Crippen LogP) is 5.22. The third-order valence-corrected chi connectivity index (χ3v) is 4.00. The minimum Gasteiger partial charge on any atom is -0.493 e. The van der Waals surface area contributed by atoms with Crippen LogP contribution in [0.4, 0.5) is 11.6 Å². The summed E-state index contributed by atoms with van der Waals surface area (Å²) in [6.07, 6.45) is 0. The maximum absolute atomic E-state index is 10.6. The average Bonchev–Trinajstić information content (AvgIpc) is 3.10. The lowest BCUT2D eigenvalue weighted by Gasteiger charge is -2.10. The molecule has 0 spiro atoms. The number of benzene rings is 2. The third kappa shape index (κ3) is 2.23. The summed E-state index contributed by atoms with van der Waals surface area (Å²) in [6, 6.07) is 15.6. The van der Waals surface area contributed by atoms with E-state index in [0.29, 0.717) is 11.6 Å². The lowest BCUT2D eigenvalue weighted by atomic mass is 10.2. The second-order valence-electron chi connectivity index (χ2n) is 5.93. The van der Waals surface area contributed by atoms with Gasteiger partial charge in [-0.1, -0.05) is 30.3 Å². The lowest BCUT2D eigenvalue weighted by Crippen LogP contribution is -1.98. The first-order valence-electron chi connectivity index (χ1n) is 7.83. The van der Waals surface area contributed by atoms with Crippen LogP contribution < -0.4 is 0 Å². The molecule has 4 aromatic rings. The third-order valence-electron chi connectivity index (χ3n) is 4.00. The minimum absolute atomic E-state index is 0.116. The number of rotatable bonds is 3. The van der Waals surface area contributed by atoms with Gasteiger partial charge in [0.25, 0.3) is 0 Å². The SMILES string of the molecule is CC(C)n1c(O)c(N=Nc2nc3ccccc3[nH]2)c2ccccc21. The molecule has 4 rings (SSSR count). The van der Waals surface area contributed by atoms with E-state index in [1.54, 1.807) is 0 Å². The van der Waals surface area contributed by atoms with E-state index in [-0.39, 0.29) is 11.9 Å². The number of fused-ring (bicyclic) bond motifs is 2. The zero-order chi connectivity index (χ0) is 16.7. The molecule has 0 radical (unpaired) electrons. The Hall–Kier alpha value is -3.15. The highest BCUT2D eigenvalue weighted by Gasteiger charge is 2.18. The van der Waals surface area contributed by atoms with Crippen LogP contribution in [0.25, 0.3) is 21.9 Å². The van der Waals surface area contributed by atoms with Gasteiger partial charge in [0.05, 0.1) is 16.6 Å². The van der Waals surface area contributed by atoms with E-state index >= 15 is 0 Å². The summed E-state index contributed by atoms with van der Waals surface area (Å²) in [6.45, 7) is 4.04. The second-order valence-corrected chi connectivity index (χ2v) is 5.93. The Balaban J connectivity index is 1.83. The fraction of sp³-hybridized carbons (Fsp3) is 0.167. The van der Waals surface area contributed by atoms with E-state index in [9.17, 15) is 5.11 Å². The molecule has 0 aliphatic carbocycles. The highest BCUT2D eigenvalue weighted by molar-refractivity contribution is 5.95. The molecular formula is C18H17N5O. The molecule has 6 heteroatoms. The average molecular weight is 319 g/mol. The van der Waals surface area contributed by atoms with E-state index in [2.05, 4.69) is 20.2 Å². The first-order valence-corrected chi connectivity index (χ1v) is 7.83. The molecule has 2 N–H and O–H groups in total. The molecule has 0 fully saturated rings. The van der Waals surface area contributed by atoms with E-state index in [4.69, 9.17) is 0 Å².